The lowest BCUT2D eigenvalue weighted by atomic mass is 9.78. The molecule has 1 amide bonds. The van der Waals surface area contributed by atoms with Gasteiger partial charge in [-0.1, -0.05) is 12.1 Å². The summed E-state index contributed by atoms with van der Waals surface area (Å²) in [5.74, 6) is 0.0101. The Hall–Kier alpha value is -1.33. The van der Waals surface area contributed by atoms with Gasteiger partial charge in [-0.25, -0.2) is 0 Å². The molecule has 21 heavy (non-hydrogen) atoms. The second-order valence-corrected chi connectivity index (χ2v) is 6.53. The lowest BCUT2D eigenvalue weighted by molar-refractivity contribution is 0.00578. The van der Waals surface area contributed by atoms with Crippen LogP contribution in [0.1, 0.15) is 45.0 Å². The molecule has 1 saturated heterocycles. The van der Waals surface area contributed by atoms with Crippen molar-refractivity contribution in [3.05, 3.63) is 29.8 Å². The summed E-state index contributed by atoms with van der Waals surface area (Å²) in [7, 11) is 1.36. The maximum atomic E-state index is 12.2. The number of rotatable bonds is 3. The molecule has 4 nitrogen and oxygen atoms in total. The van der Waals surface area contributed by atoms with E-state index >= 15 is 0 Å². The normalized spacial score (nSPS) is 19.6. The molecule has 0 aliphatic carbocycles. The Bertz CT molecular complexity index is 526. The molecule has 0 bridgehead atoms. The molecule has 0 N–H and O–H groups in total. The average molecular weight is 289 g/mol. The number of carbonyl (C=O) groups is 1. The van der Waals surface area contributed by atoms with Gasteiger partial charge < -0.3 is 14.2 Å². The number of amides is 1. The molecule has 0 atom stereocenters. The van der Waals surface area contributed by atoms with Crippen LogP contribution in [0.25, 0.3) is 0 Å². The van der Waals surface area contributed by atoms with E-state index in [2.05, 4.69) is 0 Å². The van der Waals surface area contributed by atoms with Crippen molar-refractivity contribution >= 4 is 18.5 Å². The minimum absolute atomic E-state index is 0.0101. The molecule has 1 aromatic carbocycles. The number of nitrogens with zero attached hydrogens (tertiary/aromatic N) is 1. The van der Waals surface area contributed by atoms with Crippen LogP contribution in [0.15, 0.2) is 24.3 Å². The predicted molar refractivity (Wildman–Crippen MR) is 84.8 cm³/mol. The van der Waals surface area contributed by atoms with Crippen LogP contribution < -0.4 is 5.46 Å². The fourth-order valence-corrected chi connectivity index (χ4v) is 2.16. The standard InChI is InChI=1S/C16H24BNO3/c1-7-18(6)14(19)12-9-8-10-13(11-12)17-20-15(2,3)16(4,5)21-17/h8-11H,7H2,1-6H3. The largest absolute Gasteiger partial charge is 0.494 e. The summed E-state index contributed by atoms with van der Waals surface area (Å²) in [6.45, 7) is 10.7. The molecular weight excluding hydrogens is 265 g/mol. The molecule has 0 saturated carbocycles. The van der Waals surface area contributed by atoms with Gasteiger partial charge in [-0.3, -0.25) is 4.79 Å². The molecule has 5 heteroatoms. The number of benzene rings is 1. The first-order valence-electron chi connectivity index (χ1n) is 7.39. The SMILES string of the molecule is CCN(C)C(=O)c1cccc(B2OC(C)(C)C(C)(C)O2)c1. The molecule has 0 aromatic heterocycles. The first-order valence-corrected chi connectivity index (χ1v) is 7.39. The van der Waals surface area contributed by atoms with E-state index in [9.17, 15) is 4.79 Å². The van der Waals surface area contributed by atoms with E-state index in [1.165, 1.54) is 0 Å². The van der Waals surface area contributed by atoms with Crippen molar-refractivity contribution in [2.75, 3.05) is 13.6 Å². The van der Waals surface area contributed by atoms with E-state index < -0.39 is 7.12 Å². The van der Waals surface area contributed by atoms with Crippen LogP contribution in [-0.2, 0) is 9.31 Å². The van der Waals surface area contributed by atoms with Crippen LogP contribution in [0.4, 0.5) is 0 Å². The highest BCUT2D eigenvalue weighted by atomic mass is 16.7. The Labute approximate surface area is 127 Å². The quantitative estimate of drug-likeness (QED) is 0.800. The number of hydrogen-bond donors (Lipinski definition) is 0. The van der Waals surface area contributed by atoms with Crippen LogP contribution in [0.3, 0.4) is 0 Å². The van der Waals surface area contributed by atoms with Crippen molar-refractivity contribution in [2.24, 2.45) is 0 Å². The zero-order valence-electron chi connectivity index (χ0n) is 13.8. The van der Waals surface area contributed by atoms with E-state index in [0.717, 1.165) is 5.46 Å². The third-order valence-corrected chi connectivity index (χ3v) is 4.48. The fourth-order valence-electron chi connectivity index (χ4n) is 2.16. The van der Waals surface area contributed by atoms with E-state index in [1.54, 1.807) is 11.9 Å². The minimum atomic E-state index is -0.435. The number of hydrogen-bond acceptors (Lipinski definition) is 3. The maximum Gasteiger partial charge on any atom is 0.494 e. The molecule has 0 spiro atoms. The van der Waals surface area contributed by atoms with E-state index in [1.807, 2.05) is 58.9 Å². The maximum absolute atomic E-state index is 12.2. The van der Waals surface area contributed by atoms with Gasteiger partial charge in [-0.15, -0.1) is 0 Å². The van der Waals surface area contributed by atoms with Gasteiger partial charge in [-0.2, -0.15) is 0 Å². The molecule has 1 aliphatic heterocycles. The number of carbonyl (C=O) groups excluding carboxylic acids is 1. The molecule has 1 fully saturated rings. The lowest BCUT2D eigenvalue weighted by Gasteiger charge is -2.32. The minimum Gasteiger partial charge on any atom is -0.399 e. The van der Waals surface area contributed by atoms with Gasteiger partial charge in [0.05, 0.1) is 11.2 Å². The van der Waals surface area contributed by atoms with Crippen molar-refractivity contribution in [1.82, 2.24) is 4.90 Å². The second-order valence-electron chi connectivity index (χ2n) is 6.53. The van der Waals surface area contributed by atoms with Gasteiger partial charge in [0.15, 0.2) is 0 Å². The highest BCUT2D eigenvalue weighted by Crippen LogP contribution is 2.36. The van der Waals surface area contributed by atoms with Gasteiger partial charge in [0.2, 0.25) is 0 Å². The Morgan fingerprint density at radius 1 is 1.19 bits per heavy atom. The van der Waals surface area contributed by atoms with Crippen molar-refractivity contribution in [3.63, 3.8) is 0 Å². The third kappa shape index (κ3) is 2.99. The van der Waals surface area contributed by atoms with Crippen LogP contribution in [-0.4, -0.2) is 42.7 Å². The lowest BCUT2D eigenvalue weighted by Crippen LogP contribution is -2.41. The topological polar surface area (TPSA) is 38.8 Å². The molecular formula is C16H24BNO3. The molecule has 0 radical (unpaired) electrons. The smallest absolute Gasteiger partial charge is 0.399 e. The molecule has 1 aliphatic rings. The Morgan fingerprint density at radius 2 is 1.76 bits per heavy atom. The Kier molecular flexibility index (Phi) is 4.18. The van der Waals surface area contributed by atoms with E-state index in [0.29, 0.717) is 12.1 Å². The van der Waals surface area contributed by atoms with Gasteiger partial charge >= 0.3 is 7.12 Å². The molecule has 0 unspecified atom stereocenters. The first kappa shape index (κ1) is 16.1. The van der Waals surface area contributed by atoms with Gasteiger partial charge in [0.25, 0.3) is 5.91 Å². The van der Waals surface area contributed by atoms with E-state index in [-0.39, 0.29) is 17.1 Å². The van der Waals surface area contributed by atoms with E-state index in [4.69, 9.17) is 9.31 Å². The zero-order chi connectivity index (χ0) is 15.8. The van der Waals surface area contributed by atoms with Crippen molar-refractivity contribution < 1.29 is 14.1 Å². The molecule has 114 valence electrons. The van der Waals surface area contributed by atoms with Crippen molar-refractivity contribution in [3.8, 4) is 0 Å². The zero-order valence-corrected chi connectivity index (χ0v) is 13.8. The summed E-state index contributed by atoms with van der Waals surface area (Å²) < 4.78 is 12.0. The summed E-state index contributed by atoms with van der Waals surface area (Å²) in [5, 5.41) is 0. The predicted octanol–water partition coefficient (Wildman–Crippen LogP) is 2.08. The summed E-state index contributed by atoms with van der Waals surface area (Å²) in [6, 6.07) is 7.49. The van der Waals surface area contributed by atoms with Crippen LogP contribution in [0.5, 0.6) is 0 Å². The molecule has 1 heterocycles. The van der Waals surface area contributed by atoms with Crippen molar-refractivity contribution in [2.45, 2.75) is 45.8 Å². The fraction of sp³-hybridized carbons (Fsp3) is 0.562. The second kappa shape index (κ2) is 5.46. The van der Waals surface area contributed by atoms with Crippen molar-refractivity contribution in [1.29, 1.82) is 0 Å². The monoisotopic (exact) mass is 289 g/mol. The molecule has 1 aromatic rings. The van der Waals surface area contributed by atoms with Gasteiger partial charge in [0.1, 0.15) is 0 Å². The summed E-state index contributed by atoms with van der Waals surface area (Å²) in [4.78, 5) is 13.9. The third-order valence-electron chi connectivity index (χ3n) is 4.48. The Morgan fingerprint density at radius 3 is 2.29 bits per heavy atom. The highest BCUT2D eigenvalue weighted by molar-refractivity contribution is 6.62. The molecule has 2 rings (SSSR count). The van der Waals surface area contributed by atoms with Crippen LogP contribution >= 0.6 is 0 Å². The van der Waals surface area contributed by atoms with Gasteiger partial charge in [-0.05, 0) is 52.2 Å². The Balaban J connectivity index is 2.25. The highest BCUT2D eigenvalue weighted by Gasteiger charge is 2.51. The summed E-state index contributed by atoms with van der Waals surface area (Å²) in [6.07, 6.45) is 0. The average Bonchev–Trinajstić information content (AvgIpc) is 2.66. The summed E-state index contributed by atoms with van der Waals surface area (Å²) in [5.41, 5.74) is 0.783. The van der Waals surface area contributed by atoms with Crippen LogP contribution in [0, 0.1) is 0 Å². The summed E-state index contributed by atoms with van der Waals surface area (Å²) >= 11 is 0. The van der Waals surface area contributed by atoms with Gasteiger partial charge in [0, 0.05) is 19.2 Å². The van der Waals surface area contributed by atoms with Crippen LogP contribution in [0.2, 0.25) is 0 Å². The first-order chi connectivity index (χ1) is 9.68.